The van der Waals surface area contributed by atoms with Gasteiger partial charge in [-0.3, -0.25) is 4.79 Å². The van der Waals surface area contributed by atoms with Gasteiger partial charge in [0.1, 0.15) is 5.75 Å². The first-order chi connectivity index (χ1) is 16.0. The molecule has 0 N–H and O–H groups in total. The van der Waals surface area contributed by atoms with Crippen molar-refractivity contribution in [3.05, 3.63) is 81.4 Å². The molecule has 1 unspecified atom stereocenters. The van der Waals surface area contributed by atoms with Crippen LogP contribution in [0.4, 0.5) is 0 Å². The number of aliphatic imine (C=N–C) groups is 1. The second-order valence-corrected chi connectivity index (χ2v) is 9.82. The van der Waals surface area contributed by atoms with Crippen LogP contribution in [0.25, 0.3) is 5.70 Å². The highest BCUT2D eigenvalue weighted by molar-refractivity contribution is 8.18. The number of hydrogen-bond acceptors (Lipinski definition) is 5. The zero-order chi connectivity index (χ0) is 22.9. The van der Waals surface area contributed by atoms with Crippen LogP contribution < -0.4 is 4.74 Å². The molecule has 1 atom stereocenters. The molecule has 3 aliphatic heterocycles. The van der Waals surface area contributed by atoms with E-state index in [9.17, 15) is 4.79 Å². The van der Waals surface area contributed by atoms with E-state index in [1.807, 2.05) is 60.4 Å². The number of carbonyl (C=O) groups is 1. The molecule has 1 saturated heterocycles. The number of benzene rings is 2. The molecule has 2 aromatic rings. The van der Waals surface area contributed by atoms with Gasteiger partial charge >= 0.3 is 0 Å². The number of rotatable bonds is 4. The molecule has 0 bridgehead atoms. The molecular formula is C26H26ClN3O2S. The van der Waals surface area contributed by atoms with E-state index in [0.29, 0.717) is 5.02 Å². The summed E-state index contributed by atoms with van der Waals surface area (Å²) < 4.78 is 5.31. The van der Waals surface area contributed by atoms with Crippen molar-refractivity contribution in [3.63, 3.8) is 0 Å². The zero-order valence-electron chi connectivity index (χ0n) is 18.8. The summed E-state index contributed by atoms with van der Waals surface area (Å²) in [5.74, 6) is 0.927. The van der Waals surface area contributed by atoms with E-state index in [4.69, 9.17) is 21.3 Å². The summed E-state index contributed by atoms with van der Waals surface area (Å²) in [4.78, 5) is 23.3. The molecule has 1 amide bonds. The molecule has 3 heterocycles. The molecular weight excluding hydrogens is 454 g/mol. The Labute approximate surface area is 203 Å². The van der Waals surface area contributed by atoms with Gasteiger partial charge in [0.25, 0.3) is 5.91 Å². The number of nitrogens with zero attached hydrogens (tertiary/aromatic N) is 3. The Bertz CT molecular complexity index is 1150. The lowest BCUT2D eigenvalue weighted by Crippen LogP contribution is -2.36. The van der Waals surface area contributed by atoms with Crippen molar-refractivity contribution in [2.75, 3.05) is 20.2 Å². The molecule has 7 heteroatoms. The van der Waals surface area contributed by atoms with Gasteiger partial charge in [0, 0.05) is 29.4 Å². The quantitative estimate of drug-likeness (QED) is 0.532. The minimum absolute atomic E-state index is 0.0778. The van der Waals surface area contributed by atoms with Crippen LogP contribution in [0.5, 0.6) is 5.75 Å². The Morgan fingerprint density at radius 1 is 1.06 bits per heavy atom. The zero-order valence-corrected chi connectivity index (χ0v) is 20.3. The van der Waals surface area contributed by atoms with E-state index in [1.165, 1.54) is 18.2 Å². The van der Waals surface area contributed by atoms with Crippen molar-refractivity contribution in [2.24, 2.45) is 4.99 Å². The standard InChI is InChI=1S/C26H26ClN3O2S/c1-17-24(25(31)29-14-4-3-5-15-29)33-26-28-22(18-8-12-21(32-2)13-9-18)16-23(30(17)26)19-6-10-20(27)11-7-19/h6-13,16,23H,3-5,14-15H2,1-2H3. The summed E-state index contributed by atoms with van der Waals surface area (Å²) in [5.41, 5.74) is 3.95. The van der Waals surface area contributed by atoms with Crippen LogP contribution in [-0.2, 0) is 4.79 Å². The maximum Gasteiger partial charge on any atom is 0.262 e. The van der Waals surface area contributed by atoms with E-state index < -0.39 is 0 Å². The fourth-order valence-corrected chi connectivity index (χ4v) is 5.77. The number of hydrogen-bond donors (Lipinski definition) is 0. The fraction of sp³-hybridized carbons (Fsp3) is 0.308. The van der Waals surface area contributed by atoms with E-state index >= 15 is 0 Å². The number of likely N-dealkylation sites (tertiary alicyclic amines) is 1. The Kier molecular flexibility index (Phi) is 6.21. The van der Waals surface area contributed by atoms with E-state index in [0.717, 1.165) is 64.3 Å². The van der Waals surface area contributed by atoms with Crippen LogP contribution in [0.3, 0.4) is 0 Å². The summed E-state index contributed by atoms with van der Waals surface area (Å²) in [6.07, 6.45) is 5.50. The van der Waals surface area contributed by atoms with Crippen molar-refractivity contribution in [1.29, 1.82) is 0 Å². The summed E-state index contributed by atoms with van der Waals surface area (Å²) >= 11 is 7.65. The first kappa shape index (κ1) is 22.1. The minimum atomic E-state index is -0.0778. The number of amides is 1. The Morgan fingerprint density at radius 3 is 2.42 bits per heavy atom. The van der Waals surface area contributed by atoms with Crippen LogP contribution >= 0.6 is 23.4 Å². The third kappa shape index (κ3) is 4.30. The largest absolute Gasteiger partial charge is 0.497 e. The van der Waals surface area contributed by atoms with Gasteiger partial charge in [0.2, 0.25) is 0 Å². The van der Waals surface area contributed by atoms with Gasteiger partial charge in [0.05, 0.1) is 23.8 Å². The van der Waals surface area contributed by atoms with Crippen molar-refractivity contribution in [2.45, 2.75) is 32.2 Å². The number of thioether (sulfide) groups is 1. The van der Waals surface area contributed by atoms with Gasteiger partial charge in [-0.1, -0.05) is 23.7 Å². The van der Waals surface area contributed by atoms with Crippen molar-refractivity contribution >= 4 is 40.1 Å². The Morgan fingerprint density at radius 2 is 1.76 bits per heavy atom. The smallest absolute Gasteiger partial charge is 0.262 e. The summed E-state index contributed by atoms with van der Waals surface area (Å²) in [6, 6.07) is 15.7. The van der Waals surface area contributed by atoms with Crippen LogP contribution in [0.15, 0.2) is 70.2 Å². The maximum absolute atomic E-state index is 13.4. The van der Waals surface area contributed by atoms with Crippen molar-refractivity contribution in [3.8, 4) is 5.75 Å². The topological polar surface area (TPSA) is 45.1 Å². The van der Waals surface area contributed by atoms with Crippen LogP contribution in [-0.4, -0.2) is 41.1 Å². The first-order valence-electron chi connectivity index (χ1n) is 11.2. The van der Waals surface area contributed by atoms with Gasteiger partial charge in [0.15, 0.2) is 5.17 Å². The molecule has 5 rings (SSSR count). The predicted octanol–water partition coefficient (Wildman–Crippen LogP) is 6.09. The van der Waals surface area contributed by atoms with Crippen LogP contribution in [0, 0.1) is 0 Å². The molecule has 0 aliphatic carbocycles. The van der Waals surface area contributed by atoms with Crippen molar-refractivity contribution < 1.29 is 9.53 Å². The van der Waals surface area contributed by atoms with Crippen LogP contribution in [0.2, 0.25) is 5.02 Å². The first-order valence-corrected chi connectivity index (χ1v) is 12.4. The maximum atomic E-state index is 13.4. The molecule has 1 fully saturated rings. The molecule has 5 nitrogen and oxygen atoms in total. The Hall–Kier alpha value is -2.70. The van der Waals surface area contributed by atoms with Gasteiger partial charge < -0.3 is 14.5 Å². The predicted molar refractivity (Wildman–Crippen MR) is 135 cm³/mol. The third-order valence-electron chi connectivity index (χ3n) is 6.33. The molecule has 170 valence electrons. The normalized spacial score (nSPS) is 20.4. The second-order valence-electron chi connectivity index (χ2n) is 8.41. The highest BCUT2D eigenvalue weighted by Crippen LogP contribution is 2.46. The number of carbonyl (C=O) groups excluding carboxylic acids is 1. The monoisotopic (exact) mass is 479 g/mol. The molecule has 2 aromatic carbocycles. The fourth-order valence-electron chi connectivity index (χ4n) is 4.50. The number of amidine groups is 1. The highest BCUT2D eigenvalue weighted by Gasteiger charge is 2.39. The van der Waals surface area contributed by atoms with Gasteiger partial charge in [-0.25, -0.2) is 4.99 Å². The third-order valence-corrected chi connectivity index (χ3v) is 7.73. The SMILES string of the molecule is COc1ccc(C2=CC(c3ccc(Cl)cc3)N3C(=N2)SC(C(=O)N2CCCCC2)=C3C)cc1. The number of ether oxygens (including phenoxy) is 1. The van der Waals surface area contributed by atoms with Gasteiger partial charge in [-0.05, 0) is 86.0 Å². The van der Waals surface area contributed by atoms with Crippen LogP contribution in [0.1, 0.15) is 43.4 Å². The van der Waals surface area contributed by atoms with E-state index in [2.05, 4.69) is 11.0 Å². The van der Waals surface area contributed by atoms with E-state index in [1.54, 1.807) is 7.11 Å². The highest BCUT2D eigenvalue weighted by atomic mass is 35.5. The number of methoxy groups -OCH3 is 1. The number of halogens is 1. The summed E-state index contributed by atoms with van der Waals surface area (Å²) in [5, 5.41) is 1.54. The summed E-state index contributed by atoms with van der Waals surface area (Å²) in [7, 11) is 1.66. The second kappa shape index (κ2) is 9.27. The molecule has 33 heavy (non-hydrogen) atoms. The Balaban J connectivity index is 1.54. The minimum Gasteiger partial charge on any atom is -0.497 e. The lowest BCUT2D eigenvalue weighted by Gasteiger charge is -2.32. The number of piperidine rings is 1. The van der Waals surface area contributed by atoms with Gasteiger partial charge in [-0.15, -0.1) is 0 Å². The molecule has 0 saturated carbocycles. The number of fused-ring (bicyclic) bond motifs is 1. The molecule has 3 aliphatic rings. The summed E-state index contributed by atoms with van der Waals surface area (Å²) in [6.45, 7) is 3.69. The molecule has 0 radical (unpaired) electrons. The average Bonchev–Trinajstić information content (AvgIpc) is 3.20. The number of allylic oxidation sites excluding steroid dienone is 1. The molecule has 0 spiro atoms. The van der Waals surface area contributed by atoms with E-state index in [-0.39, 0.29) is 11.9 Å². The lowest BCUT2D eigenvalue weighted by molar-refractivity contribution is -0.127. The van der Waals surface area contributed by atoms with Gasteiger partial charge in [-0.2, -0.15) is 0 Å². The van der Waals surface area contributed by atoms with Crippen molar-refractivity contribution in [1.82, 2.24) is 9.80 Å². The average molecular weight is 480 g/mol. The lowest BCUT2D eigenvalue weighted by atomic mass is 10.00. The molecule has 0 aromatic heterocycles.